The van der Waals surface area contributed by atoms with Crippen molar-refractivity contribution in [3.05, 3.63) is 70.2 Å². The van der Waals surface area contributed by atoms with Gasteiger partial charge < -0.3 is 15.4 Å². The van der Waals surface area contributed by atoms with Crippen LogP contribution in [0.25, 0.3) is 0 Å². The minimum absolute atomic E-state index is 0.0289. The van der Waals surface area contributed by atoms with Crippen LogP contribution in [0.3, 0.4) is 0 Å². The van der Waals surface area contributed by atoms with Gasteiger partial charge in [0.2, 0.25) is 5.91 Å². The van der Waals surface area contributed by atoms with E-state index in [4.69, 9.17) is 11.6 Å². The molecule has 0 aromatic heterocycles. The van der Waals surface area contributed by atoms with Gasteiger partial charge in [-0.2, -0.15) is 0 Å². The fraction of sp³-hybridized carbons (Fsp3) is 0.263. The lowest BCUT2D eigenvalue weighted by Gasteiger charge is -2.15. The molecule has 2 rings (SSSR count). The van der Waals surface area contributed by atoms with E-state index in [1.165, 1.54) is 7.11 Å². The number of benzene rings is 2. The summed E-state index contributed by atoms with van der Waals surface area (Å²) in [6.07, 6.45) is 0. The second kappa shape index (κ2) is 9.20. The van der Waals surface area contributed by atoms with Crippen molar-refractivity contribution in [3.63, 3.8) is 0 Å². The van der Waals surface area contributed by atoms with Gasteiger partial charge in [-0.15, -0.1) is 0 Å². The Hall–Kier alpha value is -2.37. The SMILES string of the molecule is COC(=O)c1ccc(CNC(=O)CN[C@H](C)c2ccccc2Cl)cc1. The first-order valence-electron chi connectivity index (χ1n) is 7.93. The zero-order valence-corrected chi connectivity index (χ0v) is 15.0. The third-order valence-corrected chi connectivity index (χ3v) is 4.15. The van der Waals surface area contributed by atoms with E-state index in [1.54, 1.807) is 24.3 Å². The molecule has 5 nitrogen and oxygen atoms in total. The molecule has 132 valence electrons. The van der Waals surface area contributed by atoms with E-state index in [0.29, 0.717) is 17.1 Å². The van der Waals surface area contributed by atoms with Crippen LogP contribution in [0.2, 0.25) is 5.02 Å². The molecular formula is C19H21ClN2O3. The van der Waals surface area contributed by atoms with E-state index in [1.807, 2.05) is 31.2 Å². The first-order valence-corrected chi connectivity index (χ1v) is 8.31. The van der Waals surface area contributed by atoms with E-state index in [0.717, 1.165) is 11.1 Å². The number of carbonyl (C=O) groups is 2. The van der Waals surface area contributed by atoms with Crippen molar-refractivity contribution >= 4 is 23.5 Å². The molecule has 0 aliphatic heterocycles. The lowest BCUT2D eigenvalue weighted by Crippen LogP contribution is -2.34. The average Bonchev–Trinajstić information content (AvgIpc) is 2.64. The summed E-state index contributed by atoms with van der Waals surface area (Å²) in [5.41, 5.74) is 2.34. The van der Waals surface area contributed by atoms with Crippen LogP contribution < -0.4 is 10.6 Å². The number of hydrogen-bond acceptors (Lipinski definition) is 4. The molecule has 2 aromatic rings. The molecule has 6 heteroatoms. The average molecular weight is 361 g/mol. The Morgan fingerprint density at radius 3 is 2.44 bits per heavy atom. The van der Waals surface area contributed by atoms with Gasteiger partial charge in [0.05, 0.1) is 19.2 Å². The zero-order chi connectivity index (χ0) is 18.2. The fourth-order valence-corrected chi connectivity index (χ4v) is 2.62. The third kappa shape index (κ3) is 5.59. The maximum absolute atomic E-state index is 12.0. The standard InChI is InChI=1S/C19H21ClN2O3/c1-13(16-5-3-4-6-17(16)20)21-12-18(23)22-11-14-7-9-15(10-8-14)19(24)25-2/h3-10,13,21H,11-12H2,1-2H3,(H,22,23)/t13-/m1/s1. The Morgan fingerprint density at radius 1 is 1.12 bits per heavy atom. The molecule has 0 aliphatic carbocycles. The number of esters is 1. The van der Waals surface area contributed by atoms with Gasteiger partial charge in [0.15, 0.2) is 0 Å². The van der Waals surface area contributed by atoms with E-state index >= 15 is 0 Å². The second-order valence-electron chi connectivity index (χ2n) is 5.59. The van der Waals surface area contributed by atoms with Crippen LogP contribution in [-0.4, -0.2) is 25.5 Å². The van der Waals surface area contributed by atoms with Crippen LogP contribution in [0.5, 0.6) is 0 Å². The van der Waals surface area contributed by atoms with Crippen LogP contribution in [-0.2, 0) is 16.1 Å². The Balaban J connectivity index is 1.79. The highest BCUT2D eigenvalue weighted by atomic mass is 35.5. The van der Waals surface area contributed by atoms with Crippen molar-refractivity contribution in [2.45, 2.75) is 19.5 Å². The van der Waals surface area contributed by atoms with Gasteiger partial charge in [0.25, 0.3) is 0 Å². The van der Waals surface area contributed by atoms with E-state index in [2.05, 4.69) is 15.4 Å². The third-order valence-electron chi connectivity index (χ3n) is 3.81. The maximum Gasteiger partial charge on any atom is 0.337 e. The molecule has 0 heterocycles. The molecule has 25 heavy (non-hydrogen) atoms. The number of carbonyl (C=O) groups excluding carboxylic acids is 2. The molecule has 0 unspecified atom stereocenters. The van der Waals surface area contributed by atoms with Crippen molar-refractivity contribution in [1.82, 2.24) is 10.6 Å². The molecule has 0 fully saturated rings. The summed E-state index contributed by atoms with van der Waals surface area (Å²) < 4.78 is 4.65. The molecule has 0 aliphatic rings. The Morgan fingerprint density at radius 2 is 1.80 bits per heavy atom. The quantitative estimate of drug-likeness (QED) is 0.744. The van der Waals surface area contributed by atoms with Gasteiger partial charge in [0.1, 0.15) is 0 Å². The van der Waals surface area contributed by atoms with Gasteiger partial charge in [-0.05, 0) is 36.2 Å². The summed E-state index contributed by atoms with van der Waals surface area (Å²) in [7, 11) is 1.34. The van der Waals surface area contributed by atoms with Crippen molar-refractivity contribution < 1.29 is 14.3 Å². The van der Waals surface area contributed by atoms with E-state index < -0.39 is 0 Å². The molecule has 0 saturated heterocycles. The molecule has 0 saturated carbocycles. The number of hydrogen-bond donors (Lipinski definition) is 2. The van der Waals surface area contributed by atoms with Crippen molar-refractivity contribution in [2.75, 3.05) is 13.7 Å². The number of amides is 1. The first-order chi connectivity index (χ1) is 12.0. The molecular weight excluding hydrogens is 340 g/mol. The normalized spacial score (nSPS) is 11.6. The molecule has 0 spiro atoms. The highest BCUT2D eigenvalue weighted by Crippen LogP contribution is 2.21. The summed E-state index contributed by atoms with van der Waals surface area (Å²) in [5, 5.41) is 6.66. The highest BCUT2D eigenvalue weighted by molar-refractivity contribution is 6.31. The predicted octanol–water partition coefficient (Wildman–Crippen LogP) is 3.09. The van der Waals surface area contributed by atoms with Crippen LogP contribution in [0.1, 0.15) is 34.5 Å². The Kier molecular flexibility index (Phi) is 6.98. The fourth-order valence-electron chi connectivity index (χ4n) is 2.32. The topological polar surface area (TPSA) is 67.4 Å². The minimum atomic E-state index is -0.381. The predicted molar refractivity (Wildman–Crippen MR) is 97.5 cm³/mol. The number of methoxy groups -OCH3 is 1. The summed E-state index contributed by atoms with van der Waals surface area (Å²) in [4.78, 5) is 23.3. The van der Waals surface area contributed by atoms with Gasteiger partial charge in [0, 0.05) is 17.6 Å². The second-order valence-corrected chi connectivity index (χ2v) is 6.00. The lowest BCUT2D eigenvalue weighted by atomic mass is 10.1. The number of ether oxygens (including phenoxy) is 1. The minimum Gasteiger partial charge on any atom is -0.465 e. The first kappa shape index (κ1) is 19.0. The molecule has 2 aromatic carbocycles. The molecule has 0 bridgehead atoms. The van der Waals surface area contributed by atoms with E-state index in [9.17, 15) is 9.59 Å². The summed E-state index contributed by atoms with van der Waals surface area (Å²) in [6.45, 7) is 2.54. The maximum atomic E-state index is 12.0. The largest absolute Gasteiger partial charge is 0.465 e. The molecule has 1 amide bonds. The number of halogens is 1. The van der Waals surface area contributed by atoms with Crippen molar-refractivity contribution in [2.24, 2.45) is 0 Å². The summed E-state index contributed by atoms with van der Waals surface area (Å²) >= 11 is 6.15. The van der Waals surface area contributed by atoms with Gasteiger partial charge in [-0.3, -0.25) is 4.79 Å². The number of nitrogens with one attached hydrogen (secondary N) is 2. The molecule has 2 N–H and O–H groups in total. The Bertz CT molecular complexity index is 732. The summed E-state index contributed by atoms with van der Waals surface area (Å²) in [5.74, 6) is -0.496. The van der Waals surface area contributed by atoms with Crippen LogP contribution in [0, 0.1) is 0 Å². The smallest absolute Gasteiger partial charge is 0.337 e. The highest BCUT2D eigenvalue weighted by Gasteiger charge is 2.10. The zero-order valence-electron chi connectivity index (χ0n) is 14.2. The van der Waals surface area contributed by atoms with Crippen molar-refractivity contribution in [3.8, 4) is 0 Å². The lowest BCUT2D eigenvalue weighted by molar-refractivity contribution is -0.120. The van der Waals surface area contributed by atoms with Crippen molar-refractivity contribution in [1.29, 1.82) is 0 Å². The van der Waals surface area contributed by atoms with Crippen LogP contribution in [0.4, 0.5) is 0 Å². The Labute approximate surface area is 152 Å². The van der Waals surface area contributed by atoms with Gasteiger partial charge >= 0.3 is 5.97 Å². The monoisotopic (exact) mass is 360 g/mol. The van der Waals surface area contributed by atoms with E-state index in [-0.39, 0.29) is 24.5 Å². The van der Waals surface area contributed by atoms with Crippen LogP contribution >= 0.6 is 11.6 Å². The molecule has 1 atom stereocenters. The van der Waals surface area contributed by atoms with Gasteiger partial charge in [-0.1, -0.05) is 41.9 Å². The summed E-state index contributed by atoms with van der Waals surface area (Å²) in [6, 6.07) is 14.4. The van der Waals surface area contributed by atoms with Crippen LogP contribution in [0.15, 0.2) is 48.5 Å². The molecule has 0 radical (unpaired) electrons. The number of rotatable bonds is 7. The van der Waals surface area contributed by atoms with Gasteiger partial charge in [-0.25, -0.2) is 4.79 Å².